The molecule has 188 valence electrons. The number of nitrogens with zero attached hydrogens (tertiary/aromatic N) is 2. The molecule has 2 aliphatic rings. The molecule has 2 aromatic rings. The molecule has 0 aliphatic carbocycles. The molecule has 0 saturated carbocycles. The summed E-state index contributed by atoms with van der Waals surface area (Å²) >= 11 is 4.24. The molecule has 0 aromatic heterocycles. The van der Waals surface area contributed by atoms with E-state index in [1.54, 1.807) is 7.11 Å². The Balaban J connectivity index is 0.00000158. The number of benzene rings is 2. The van der Waals surface area contributed by atoms with E-state index in [2.05, 4.69) is 104 Å². The van der Waals surface area contributed by atoms with Crippen molar-refractivity contribution in [1.29, 1.82) is 0 Å². The van der Waals surface area contributed by atoms with Crippen LogP contribution in [0.3, 0.4) is 0 Å². The summed E-state index contributed by atoms with van der Waals surface area (Å²) < 4.78 is 17.5. The standard InChI is InChI=1S/C27H38N2O3.I2/c1-28-15-13-25(22-9-11-24(12-10-22)31-17-5-16-30-3)27(19-28)32-20-21-7-8-23-6-4-14-29(2)26(23)18-21;1-2/h7-12,18,25,27H,4-6,13-17,19-20H2,1-3H3;/t25-,27+;/m1./s1. The summed E-state index contributed by atoms with van der Waals surface area (Å²) in [5.74, 6) is 1.34. The fourth-order valence-electron chi connectivity index (χ4n) is 4.92. The quantitative estimate of drug-likeness (QED) is 0.229. The Labute approximate surface area is 228 Å². The number of fused-ring (bicyclic) bond motifs is 1. The van der Waals surface area contributed by atoms with E-state index in [1.807, 2.05) is 0 Å². The number of hydrogen-bond donors (Lipinski definition) is 0. The van der Waals surface area contributed by atoms with E-state index in [0.29, 0.717) is 19.1 Å². The van der Waals surface area contributed by atoms with Gasteiger partial charge in [0.25, 0.3) is 0 Å². The maximum absolute atomic E-state index is 6.55. The Hall–Kier alpha value is -0.620. The number of likely N-dealkylation sites (tertiary alicyclic amines) is 1. The van der Waals surface area contributed by atoms with Crippen LogP contribution in [0.2, 0.25) is 0 Å². The van der Waals surface area contributed by atoms with Gasteiger partial charge in [0.2, 0.25) is 0 Å². The van der Waals surface area contributed by atoms with Crippen LogP contribution in [0.25, 0.3) is 0 Å². The summed E-state index contributed by atoms with van der Waals surface area (Å²) in [7, 11) is 6.11. The molecule has 2 heterocycles. The van der Waals surface area contributed by atoms with Crippen LogP contribution in [0, 0.1) is 0 Å². The number of aryl methyl sites for hydroxylation is 1. The molecule has 34 heavy (non-hydrogen) atoms. The zero-order valence-corrected chi connectivity index (χ0v) is 25.0. The molecular weight excluding hydrogens is 654 g/mol. The van der Waals surface area contributed by atoms with Crippen molar-refractivity contribution in [2.75, 3.05) is 59.0 Å². The third kappa shape index (κ3) is 7.94. The van der Waals surface area contributed by atoms with Gasteiger partial charge < -0.3 is 24.0 Å². The van der Waals surface area contributed by atoms with Crippen molar-refractivity contribution in [1.82, 2.24) is 4.90 Å². The number of hydrogen-bond acceptors (Lipinski definition) is 5. The molecule has 7 heteroatoms. The average Bonchev–Trinajstić information content (AvgIpc) is 2.87. The zero-order chi connectivity index (χ0) is 24.3. The molecule has 0 bridgehead atoms. The van der Waals surface area contributed by atoms with Crippen LogP contribution in [0.15, 0.2) is 42.5 Å². The third-order valence-corrected chi connectivity index (χ3v) is 6.80. The molecule has 4 rings (SSSR count). The molecule has 1 saturated heterocycles. The smallest absolute Gasteiger partial charge is 0.119 e. The van der Waals surface area contributed by atoms with Crippen molar-refractivity contribution in [3.8, 4) is 5.75 Å². The second-order valence-electron chi connectivity index (χ2n) is 9.26. The first kappa shape index (κ1) is 28.0. The topological polar surface area (TPSA) is 34.2 Å². The van der Waals surface area contributed by atoms with E-state index in [4.69, 9.17) is 14.2 Å². The Morgan fingerprint density at radius 1 is 1.00 bits per heavy atom. The summed E-state index contributed by atoms with van der Waals surface area (Å²) in [6, 6.07) is 15.5. The van der Waals surface area contributed by atoms with E-state index in [-0.39, 0.29) is 6.10 Å². The van der Waals surface area contributed by atoms with E-state index in [1.165, 1.54) is 35.2 Å². The zero-order valence-electron chi connectivity index (χ0n) is 20.6. The summed E-state index contributed by atoms with van der Waals surface area (Å²) in [6.07, 6.45) is 4.63. The van der Waals surface area contributed by atoms with Crippen molar-refractivity contribution in [2.24, 2.45) is 0 Å². The first-order valence-corrected chi connectivity index (χ1v) is 18.4. The van der Waals surface area contributed by atoms with Gasteiger partial charge in [-0.2, -0.15) is 0 Å². The second kappa shape index (κ2) is 14.8. The fraction of sp³-hybridized carbons (Fsp3) is 0.556. The Kier molecular flexibility index (Phi) is 12.2. The summed E-state index contributed by atoms with van der Waals surface area (Å²) in [5.41, 5.74) is 5.44. The van der Waals surface area contributed by atoms with E-state index in [0.717, 1.165) is 44.8 Å². The van der Waals surface area contributed by atoms with Crippen LogP contribution in [0.4, 0.5) is 5.69 Å². The number of anilines is 1. The van der Waals surface area contributed by atoms with Gasteiger partial charge in [-0.25, -0.2) is 0 Å². The van der Waals surface area contributed by atoms with Crippen molar-refractivity contribution < 1.29 is 14.2 Å². The second-order valence-corrected chi connectivity index (χ2v) is 9.26. The lowest BCUT2D eigenvalue weighted by Gasteiger charge is -2.37. The predicted octanol–water partition coefficient (Wildman–Crippen LogP) is 6.26. The normalized spacial score (nSPS) is 20.3. The van der Waals surface area contributed by atoms with Crippen molar-refractivity contribution in [3.05, 3.63) is 59.2 Å². The van der Waals surface area contributed by atoms with Crippen LogP contribution in [0.1, 0.15) is 41.9 Å². The fourth-order valence-corrected chi connectivity index (χ4v) is 4.92. The van der Waals surface area contributed by atoms with Gasteiger partial charge in [0.1, 0.15) is 5.75 Å². The van der Waals surface area contributed by atoms with Crippen molar-refractivity contribution >= 4 is 42.9 Å². The minimum absolute atomic E-state index is 0.191. The summed E-state index contributed by atoms with van der Waals surface area (Å²) in [4.78, 5) is 4.76. The molecule has 0 amide bonds. The SMILES string of the molecule is COCCCOc1ccc([C@H]2CCN(C)C[C@@H]2OCc2ccc3c(c2)N(C)CCC3)cc1.II. The van der Waals surface area contributed by atoms with E-state index >= 15 is 0 Å². The van der Waals surface area contributed by atoms with Gasteiger partial charge in [-0.3, -0.25) is 0 Å². The maximum Gasteiger partial charge on any atom is 0.119 e. The highest BCUT2D eigenvalue weighted by molar-refractivity contribution is 15.0. The lowest BCUT2D eigenvalue weighted by Crippen LogP contribution is -2.42. The molecule has 5 nitrogen and oxygen atoms in total. The monoisotopic (exact) mass is 692 g/mol. The molecule has 2 atom stereocenters. The molecular formula is C27H38I2N2O3. The summed E-state index contributed by atoms with van der Waals surface area (Å²) in [6.45, 7) is 5.28. The number of methoxy groups -OCH3 is 1. The predicted molar refractivity (Wildman–Crippen MR) is 158 cm³/mol. The highest BCUT2D eigenvalue weighted by Gasteiger charge is 2.30. The number of piperidine rings is 1. The van der Waals surface area contributed by atoms with Crippen LogP contribution in [-0.4, -0.2) is 65.1 Å². The molecule has 0 N–H and O–H groups in total. The molecule has 1 fully saturated rings. The number of ether oxygens (including phenoxy) is 3. The van der Waals surface area contributed by atoms with Crippen molar-refractivity contribution in [2.45, 2.75) is 44.3 Å². The highest BCUT2D eigenvalue weighted by atomic mass is 128. The van der Waals surface area contributed by atoms with Crippen LogP contribution >= 0.6 is 37.2 Å². The van der Waals surface area contributed by atoms with Crippen LogP contribution in [0.5, 0.6) is 5.75 Å². The first-order valence-electron chi connectivity index (χ1n) is 12.1. The Bertz CT molecular complexity index is 865. The number of rotatable bonds is 9. The molecule has 2 aliphatic heterocycles. The number of likely N-dealkylation sites (N-methyl/N-ethyl adjacent to an activating group) is 1. The van der Waals surface area contributed by atoms with E-state index in [9.17, 15) is 0 Å². The summed E-state index contributed by atoms with van der Waals surface area (Å²) in [5, 5.41) is 0. The van der Waals surface area contributed by atoms with Gasteiger partial charge in [-0.15, -0.1) is 0 Å². The lowest BCUT2D eigenvalue weighted by molar-refractivity contribution is -0.0182. The highest BCUT2D eigenvalue weighted by Crippen LogP contribution is 2.32. The van der Waals surface area contributed by atoms with Gasteiger partial charge in [0, 0.05) is 89.1 Å². The van der Waals surface area contributed by atoms with Gasteiger partial charge in [-0.05, 0) is 67.7 Å². The molecule has 0 unspecified atom stereocenters. The average molecular weight is 692 g/mol. The first-order chi connectivity index (χ1) is 16.6. The lowest BCUT2D eigenvalue weighted by atomic mass is 9.87. The Morgan fingerprint density at radius 2 is 1.79 bits per heavy atom. The largest absolute Gasteiger partial charge is 0.494 e. The number of halogens is 2. The van der Waals surface area contributed by atoms with Gasteiger partial charge >= 0.3 is 0 Å². The van der Waals surface area contributed by atoms with E-state index < -0.39 is 0 Å². The minimum atomic E-state index is 0.191. The minimum Gasteiger partial charge on any atom is -0.494 e. The van der Waals surface area contributed by atoms with Gasteiger partial charge in [0.15, 0.2) is 0 Å². The molecule has 2 aromatic carbocycles. The van der Waals surface area contributed by atoms with Gasteiger partial charge in [0.05, 0.1) is 19.3 Å². The molecule has 0 radical (unpaired) electrons. The van der Waals surface area contributed by atoms with Crippen molar-refractivity contribution in [3.63, 3.8) is 0 Å². The van der Waals surface area contributed by atoms with Crippen LogP contribution < -0.4 is 9.64 Å². The van der Waals surface area contributed by atoms with Gasteiger partial charge in [-0.1, -0.05) is 24.3 Å². The molecule has 0 spiro atoms. The van der Waals surface area contributed by atoms with Crippen LogP contribution in [-0.2, 0) is 22.5 Å². The Morgan fingerprint density at radius 3 is 2.56 bits per heavy atom. The maximum atomic E-state index is 6.55. The third-order valence-electron chi connectivity index (χ3n) is 6.80.